The summed E-state index contributed by atoms with van der Waals surface area (Å²) in [6.07, 6.45) is 1.46. The molecule has 0 saturated carbocycles. The van der Waals surface area contributed by atoms with Gasteiger partial charge >= 0.3 is 5.97 Å². The van der Waals surface area contributed by atoms with Gasteiger partial charge in [-0.15, -0.1) is 6.58 Å². The molecule has 23 heavy (non-hydrogen) atoms. The fourth-order valence-corrected chi connectivity index (χ4v) is 2.61. The number of hydrogen-bond acceptors (Lipinski definition) is 5. The van der Waals surface area contributed by atoms with Crippen LogP contribution in [0.3, 0.4) is 0 Å². The van der Waals surface area contributed by atoms with E-state index >= 15 is 0 Å². The zero-order valence-corrected chi connectivity index (χ0v) is 13.5. The van der Waals surface area contributed by atoms with Gasteiger partial charge in [-0.2, -0.15) is 0 Å². The first-order chi connectivity index (χ1) is 10.8. The monoisotopic (exact) mass is 341 g/mol. The van der Waals surface area contributed by atoms with Crippen molar-refractivity contribution < 1.29 is 27.9 Å². The molecule has 0 radical (unpaired) electrons. The summed E-state index contributed by atoms with van der Waals surface area (Å²) in [6.45, 7) is 4.87. The van der Waals surface area contributed by atoms with Gasteiger partial charge in [0, 0.05) is 5.56 Å². The standard InChI is InChI=1S/C15H19NO6S/c1-3-8-22-10-13(15(18)19)16-14(17)11-6-5-7-12(9-11)23(20,21)4-2/h3,5-7,9,13H,1,4,8,10H2,2H3,(H,16,17)(H,18,19). The lowest BCUT2D eigenvalue weighted by Crippen LogP contribution is -2.44. The fraction of sp³-hybridized carbons (Fsp3) is 0.333. The van der Waals surface area contributed by atoms with E-state index in [4.69, 9.17) is 9.84 Å². The van der Waals surface area contributed by atoms with Crippen LogP contribution in [0.5, 0.6) is 0 Å². The van der Waals surface area contributed by atoms with Crippen LogP contribution in [0.25, 0.3) is 0 Å². The normalized spacial score (nSPS) is 12.4. The minimum atomic E-state index is -3.45. The van der Waals surface area contributed by atoms with Crippen LogP contribution < -0.4 is 5.32 Å². The Bertz CT molecular complexity index is 683. The summed E-state index contributed by atoms with van der Waals surface area (Å²) < 4.78 is 28.7. The lowest BCUT2D eigenvalue weighted by molar-refractivity contribution is -0.140. The Morgan fingerprint density at radius 2 is 2.13 bits per heavy atom. The summed E-state index contributed by atoms with van der Waals surface area (Å²) in [5, 5.41) is 11.4. The second-order valence-electron chi connectivity index (χ2n) is 4.62. The molecule has 126 valence electrons. The van der Waals surface area contributed by atoms with E-state index in [0.29, 0.717) is 0 Å². The smallest absolute Gasteiger partial charge is 0.328 e. The average Bonchev–Trinajstić information content (AvgIpc) is 2.53. The van der Waals surface area contributed by atoms with Gasteiger partial charge in [-0.1, -0.05) is 19.1 Å². The molecular weight excluding hydrogens is 322 g/mol. The molecule has 0 aliphatic heterocycles. The second kappa shape index (κ2) is 8.44. The third-order valence-corrected chi connectivity index (χ3v) is 4.69. The Labute approximate surface area is 134 Å². The first-order valence-electron chi connectivity index (χ1n) is 6.87. The molecule has 0 aliphatic carbocycles. The number of nitrogens with one attached hydrogen (secondary N) is 1. The topological polar surface area (TPSA) is 110 Å². The van der Waals surface area contributed by atoms with E-state index in [9.17, 15) is 18.0 Å². The Balaban J connectivity index is 2.89. The number of carboxylic acids is 1. The maximum absolute atomic E-state index is 12.1. The van der Waals surface area contributed by atoms with Crippen LogP contribution >= 0.6 is 0 Å². The molecule has 2 N–H and O–H groups in total. The molecule has 0 fully saturated rings. The van der Waals surface area contributed by atoms with Gasteiger partial charge in [0.25, 0.3) is 5.91 Å². The number of benzene rings is 1. The van der Waals surface area contributed by atoms with E-state index in [1.807, 2.05) is 0 Å². The van der Waals surface area contributed by atoms with Gasteiger partial charge in [0.2, 0.25) is 0 Å². The van der Waals surface area contributed by atoms with E-state index < -0.39 is 27.8 Å². The van der Waals surface area contributed by atoms with Crippen molar-refractivity contribution in [1.29, 1.82) is 0 Å². The number of aliphatic carboxylic acids is 1. The Kier molecular flexibility index (Phi) is 6.92. The van der Waals surface area contributed by atoms with Crippen LogP contribution in [-0.4, -0.2) is 50.4 Å². The summed E-state index contributed by atoms with van der Waals surface area (Å²) >= 11 is 0. The van der Waals surface area contributed by atoms with Gasteiger partial charge in [-0.05, 0) is 18.2 Å². The van der Waals surface area contributed by atoms with Gasteiger partial charge in [0.1, 0.15) is 0 Å². The third-order valence-electron chi connectivity index (χ3n) is 2.96. The summed E-state index contributed by atoms with van der Waals surface area (Å²) in [6, 6.07) is 4.21. The number of amides is 1. The maximum atomic E-state index is 12.1. The average molecular weight is 341 g/mol. The van der Waals surface area contributed by atoms with Crippen molar-refractivity contribution >= 4 is 21.7 Å². The lowest BCUT2D eigenvalue weighted by atomic mass is 10.2. The van der Waals surface area contributed by atoms with Gasteiger partial charge in [0.15, 0.2) is 15.9 Å². The Morgan fingerprint density at radius 3 is 2.70 bits per heavy atom. The van der Waals surface area contributed by atoms with Gasteiger partial charge in [-0.25, -0.2) is 13.2 Å². The fourth-order valence-electron chi connectivity index (χ4n) is 1.68. The summed E-state index contributed by atoms with van der Waals surface area (Å²) in [4.78, 5) is 23.2. The molecule has 0 bridgehead atoms. The number of hydrogen-bond donors (Lipinski definition) is 2. The van der Waals surface area contributed by atoms with Crippen molar-refractivity contribution in [3.63, 3.8) is 0 Å². The molecule has 1 aromatic rings. The van der Waals surface area contributed by atoms with Crippen molar-refractivity contribution in [2.75, 3.05) is 19.0 Å². The molecule has 1 rings (SSSR count). The minimum absolute atomic E-state index is 0.0161. The SMILES string of the molecule is C=CCOCC(NC(=O)c1cccc(S(=O)(=O)CC)c1)C(=O)O. The van der Waals surface area contributed by atoms with Gasteiger partial charge in [-0.3, -0.25) is 4.79 Å². The maximum Gasteiger partial charge on any atom is 0.328 e. The van der Waals surface area contributed by atoms with Crippen LogP contribution in [0.2, 0.25) is 0 Å². The molecule has 0 aromatic heterocycles. The molecule has 0 saturated heterocycles. The summed E-state index contributed by atoms with van der Waals surface area (Å²) in [5.74, 6) is -2.03. The predicted octanol–water partition coefficient (Wildman–Crippen LogP) is 0.866. The van der Waals surface area contributed by atoms with Crippen LogP contribution in [-0.2, 0) is 19.4 Å². The highest BCUT2D eigenvalue weighted by molar-refractivity contribution is 7.91. The molecule has 7 nitrogen and oxygen atoms in total. The van der Waals surface area contributed by atoms with Crippen molar-refractivity contribution in [2.24, 2.45) is 0 Å². The zero-order chi connectivity index (χ0) is 17.5. The molecule has 1 aromatic carbocycles. The first kappa shape index (κ1) is 18.9. The van der Waals surface area contributed by atoms with Gasteiger partial charge in [0.05, 0.1) is 23.9 Å². The van der Waals surface area contributed by atoms with Crippen LogP contribution in [0, 0.1) is 0 Å². The summed E-state index contributed by atoms with van der Waals surface area (Å²) in [7, 11) is -3.45. The first-order valence-corrected chi connectivity index (χ1v) is 8.52. The highest BCUT2D eigenvalue weighted by Gasteiger charge is 2.22. The molecule has 1 atom stereocenters. The van der Waals surface area contributed by atoms with Crippen LogP contribution in [0.4, 0.5) is 0 Å². The Morgan fingerprint density at radius 1 is 1.43 bits per heavy atom. The molecule has 0 heterocycles. The number of carbonyl (C=O) groups is 2. The molecule has 8 heteroatoms. The van der Waals surface area contributed by atoms with Crippen molar-refractivity contribution in [2.45, 2.75) is 17.9 Å². The van der Waals surface area contributed by atoms with Gasteiger partial charge < -0.3 is 15.2 Å². The lowest BCUT2D eigenvalue weighted by Gasteiger charge is -2.14. The highest BCUT2D eigenvalue weighted by atomic mass is 32.2. The van der Waals surface area contributed by atoms with E-state index in [1.54, 1.807) is 0 Å². The van der Waals surface area contributed by atoms with Crippen LogP contribution in [0.1, 0.15) is 17.3 Å². The molecular formula is C15H19NO6S. The number of sulfone groups is 1. The number of rotatable bonds is 9. The van der Waals surface area contributed by atoms with Crippen molar-refractivity contribution in [1.82, 2.24) is 5.32 Å². The Hall–Kier alpha value is -2.19. The van der Waals surface area contributed by atoms with E-state index in [-0.39, 0.29) is 29.4 Å². The number of ether oxygens (including phenoxy) is 1. The molecule has 0 aliphatic rings. The molecule has 1 amide bonds. The second-order valence-corrected chi connectivity index (χ2v) is 6.90. The van der Waals surface area contributed by atoms with E-state index in [0.717, 1.165) is 0 Å². The van der Waals surface area contributed by atoms with Crippen LogP contribution in [0.15, 0.2) is 41.8 Å². The molecule has 0 spiro atoms. The highest BCUT2D eigenvalue weighted by Crippen LogP contribution is 2.13. The molecule has 1 unspecified atom stereocenters. The number of carboxylic acid groups (broad SMARTS) is 1. The zero-order valence-electron chi connectivity index (χ0n) is 12.7. The minimum Gasteiger partial charge on any atom is -0.480 e. The third kappa shape index (κ3) is 5.50. The quantitative estimate of drug-likeness (QED) is 0.509. The summed E-state index contributed by atoms with van der Waals surface area (Å²) in [5.41, 5.74) is 0.0643. The predicted molar refractivity (Wildman–Crippen MR) is 84.1 cm³/mol. The largest absolute Gasteiger partial charge is 0.480 e. The van der Waals surface area contributed by atoms with E-state index in [1.165, 1.54) is 37.3 Å². The number of carbonyl (C=O) groups excluding carboxylic acids is 1. The van der Waals surface area contributed by atoms with Crippen molar-refractivity contribution in [3.8, 4) is 0 Å². The van der Waals surface area contributed by atoms with E-state index in [2.05, 4.69) is 11.9 Å². The van der Waals surface area contributed by atoms with Crippen molar-refractivity contribution in [3.05, 3.63) is 42.5 Å².